The first kappa shape index (κ1) is 11.1. The predicted molar refractivity (Wildman–Crippen MR) is 62.6 cm³/mol. The van der Waals surface area contributed by atoms with E-state index in [0.717, 1.165) is 23.6 Å². The lowest BCUT2D eigenvalue weighted by atomic mass is 10.1. The SMILES string of the molecule is COc1ccc(CCC(=N)SC)cc1. The van der Waals surface area contributed by atoms with Crippen molar-refractivity contribution in [3.63, 3.8) is 0 Å². The number of thioether (sulfide) groups is 1. The predicted octanol–water partition coefficient (Wildman–Crippen LogP) is 2.97. The van der Waals surface area contributed by atoms with Gasteiger partial charge in [-0.3, -0.25) is 5.41 Å². The van der Waals surface area contributed by atoms with Crippen molar-refractivity contribution in [3.05, 3.63) is 29.8 Å². The molecule has 0 aromatic heterocycles. The molecule has 1 aromatic carbocycles. The fourth-order valence-electron chi connectivity index (χ4n) is 1.15. The maximum atomic E-state index is 7.50. The van der Waals surface area contributed by atoms with Crippen molar-refractivity contribution >= 4 is 16.8 Å². The van der Waals surface area contributed by atoms with Crippen molar-refractivity contribution < 1.29 is 4.74 Å². The number of rotatable bonds is 4. The third kappa shape index (κ3) is 3.42. The van der Waals surface area contributed by atoms with Gasteiger partial charge >= 0.3 is 0 Å². The van der Waals surface area contributed by atoms with Crippen LogP contribution < -0.4 is 4.74 Å². The summed E-state index contributed by atoms with van der Waals surface area (Å²) in [5, 5.41) is 8.24. The zero-order chi connectivity index (χ0) is 10.4. The average molecular weight is 209 g/mol. The summed E-state index contributed by atoms with van der Waals surface area (Å²) in [7, 11) is 1.67. The molecular weight excluding hydrogens is 194 g/mol. The van der Waals surface area contributed by atoms with Crippen molar-refractivity contribution in [1.29, 1.82) is 5.41 Å². The zero-order valence-corrected chi connectivity index (χ0v) is 9.36. The van der Waals surface area contributed by atoms with E-state index in [1.54, 1.807) is 7.11 Å². The molecule has 0 fully saturated rings. The van der Waals surface area contributed by atoms with Crippen LogP contribution in [0.3, 0.4) is 0 Å². The van der Waals surface area contributed by atoms with Gasteiger partial charge < -0.3 is 4.74 Å². The molecule has 1 rings (SSSR count). The number of nitrogens with one attached hydrogen (secondary N) is 1. The van der Waals surface area contributed by atoms with E-state index < -0.39 is 0 Å². The maximum absolute atomic E-state index is 7.50. The Labute approximate surface area is 89.2 Å². The van der Waals surface area contributed by atoms with Crippen LogP contribution in [0.2, 0.25) is 0 Å². The van der Waals surface area contributed by atoms with Gasteiger partial charge in [-0.05, 0) is 36.8 Å². The molecule has 3 heteroatoms. The third-order valence-electron chi connectivity index (χ3n) is 2.05. The van der Waals surface area contributed by atoms with Gasteiger partial charge in [-0.25, -0.2) is 0 Å². The van der Waals surface area contributed by atoms with Gasteiger partial charge in [-0.2, -0.15) is 0 Å². The van der Waals surface area contributed by atoms with E-state index in [4.69, 9.17) is 10.1 Å². The summed E-state index contributed by atoms with van der Waals surface area (Å²) in [4.78, 5) is 0. The van der Waals surface area contributed by atoms with E-state index in [1.807, 2.05) is 30.5 Å². The van der Waals surface area contributed by atoms with Gasteiger partial charge in [0.05, 0.1) is 12.2 Å². The smallest absolute Gasteiger partial charge is 0.118 e. The Morgan fingerprint density at radius 1 is 1.36 bits per heavy atom. The fraction of sp³-hybridized carbons (Fsp3) is 0.364. The van der Waals surface area contributed by atoms with Crippen molar-refractivity contribution in [1.82, 2.24) is 0 Å². The Morgan fingerprint density at radius 3 is 2.50 bits per heavy atom. The van der Waals surface area contributed by atoms with Crippen LogP contribution >= 0.6 is 11.8 Å². The summed E-state index contributed by atoms with van der Waals surface area (Å²) in [6, 6.07) is 8.01. The molecular formula is C11H15NOS. The number of methoxy groups -OCH3 is 1. The van der Waals surface area contributed by atoms with Crippen molar-refractivity contribution in [2.45, 2.75) is 12.8 Å². The highest BCUT2D eigenvalue weighted by Gasteiger charge is 1.97. The lowest BCUT2D eigenvalue weighted by Gasteiger charge is -2.03. The first-order valence-corrected chi connectivity index (χ1v) is 5.73. The number of aryl methyl sites for hydroxylation is 1. The van der Waals surface area contributed by atoms with Gasteiger partial charge in [0.2, 0.25) is 0 Å². The van der Waals surface area contributed by atoms with E-state index in [-0.39, 0.29) is 0 Å². The van der Waals surface area contributed by atoms with Crippen LogP contribution in [0.15, 0.2) is 24.3 Å². The van der Waals surface area contributed by atoms with Crippen LogP contribution in [-0.2, 0) is 6.42 Å². The van der Waals surface area contributed by atoms with Gasteiger partial charge in [0.15, 0.2) is 0 Å². The topological polar surface area (TPSA) is 33.1 Å². The Morgan fingerprint density at radius 2 is 2.00 bits per heavy atom. The molecule has 0 bridgehead atoms. The summed E-state index contributed by atoms with van der Waals surface area (Å²) < 4.78 is 5.07. The minimum absolute atomic E-state index is 0.737. The zero-order valence-electron chi connectivity index (χ0n) is 8.54. The highest BCUT2D eigenvalue weighted by molar-refractivity contribution is 8.13. The van der Waals surface area contributed by atoms with Crippen LogP contribution in [0, 0.1) is 5.41 Å². The molecule has 0 aliphatic carbocycles. The normalized spacial score (nSPS) is 9.86. The average Bonchev–Trinajstić information content (AvgIpc) is 2.26. The molecule has 0 radical (unpaired) electrons. The summed E-state index contributed by atoms with van der Waals surface area (Å²) in [6.45, 7) is 0. The van der Waals surface area contributed by atoms with Crippen molar-refractivity contribution in [2.24, 2.45) is 0 Å². The second-order valence-electron chi connectivity index (χ2n) is 2.98. The van der Waals surface area contributed by atoms with Gasteiger partial charge in [0, 0.05) is 0 Å². The van der Waals surface area contributed by atoms with E-state index in [2.05, 4.69) is 0 Å². The standard InChI is InChI=1S/C11H15NOS/c1-13-10-6-3-9(4-7-10)5-8-11(12)14-2/h3-4,6-7,12H,5,8H2,1-2H3. The molecule has 0 saturated heterocycles. The monoisotopic (exact) mass is 209 g/mol. The molecule has 0 spiro atoms. The molecule has 0 aliphatic rings. The van der Waals surface area contributed by atoms with Crippen LogP contribution in [0.25, 0.3) is 0 Å². The van der Waals surface area contributed by atoms with Crippen molar-refractivity contribution in [3.8, 4) is 5.75 Å². The largest absolute Gasteiger partial charge is 0.497 e. The number of benzene rings is 1. The molecule has 2 nitrogen and oxygen atoms in total. The molecule has 0 aliphatic heterocycles. The molecule has 0 atom stereocenters. The van der Waals surface area contributed by atoms with Gasteiger partial charge in [-0.15, -0.1) is 11.8 Å². The molecule has 76 valence electrons. The molecule has 1 N–H and O–H groups in total. The first-order valence-electron chi connectivity index (χ1n) is 4.50. The Hall–Kier alpha value is -0.960. The summed E-state index contributed by atoms with van der Waals surface area (Å²) in [5.41, 5.74) is 1.25. The Bertz CT molecular complexity index is 295. The summed E-state index contributed by atoms with van der Waals surface area (Å²) in [6.07, 6.45) is 3.70. The first-order chi connectivity index (χ1) is 6.76. The minimum Gasteiger partial charge on any atom is -0.497 e. The quantitative estimate of drug-likeness (QED) is 0.611. The van der Waals surface area contributed by atoms with E-state index in [1.165, 1.54) is 17.3 Å². The summed E-state index contributed by atoms with van der Waals surface area (Å²) >= 11 is 1.51. The third-order valence-corrected chi connectivity index (χ3v) is 2.74. The van der Waals surface area contributed by atoms with Crippen LogP contribution in [-0.4, -0.2) is 18.4 Å². The Balaban J connectivity index is 2.47. The highest BCUT2D eigenvalue weighted by Crippen LogP contribution is 2.13. The van der Waals surface area contributed by atoms with E-state index in [0.29, 0.717) is 0 Å². The molecule has 14 heavy (non-hydrogen) atoms. The molecule has 1 aromatic rings. The number of ether oxygens (including phenoxy) is 1. The molecule has 0 amide bonds. The van der Waals surface area contributed by atoms with Gasteiger partial charge in [-0.1, -0.05) is 12.1 Å². The minimum atomic E-state index is 0.737. The van der Waals surface area contributed by atoms with Crippen molar-refractivity contribution in [2.75, 3.05) is 13.4 Å². The number of hydrogen-bond acceptors (Lipinski definition) is 3. The molecule has 0 heterocycles. The van der Waals surface area contributed by atoms with Crippen LogP contribution in [0.5, 0.6) is 5.75 Å². The van der Waals surface area contributed by atoms with Gasteiger partial charge in [0.25, 0.3) is 0 Å². The number of hydrogen-bond donors (Lipinski definition) is 1. The second kappa shape index (κ2) is 5.70. The van der Waals surface area contributed by atoms with E-state index in [9.17, 15) is 0 Å². The maximum Gasteiger partial charge on any atom is 0.118 e. The highest BCUT2D eigenvalue weighted by atomic mass is 32.2. The summed E-state index contributed by atoms with van der Waals surface area (Å²) in [5.74, 6) is 0.883. The van der Waals surface area contributed by atoms with Crippen LogP contribution in [0.4, 0.5) is 0 Å². The van der Waals surface area contributed by atoms with E-state index >= 15 is 0 Å². The van der Waals surface area contributed by atoms with Gasteiger partial charge in [0.1, 0.15) is 5.75 Å². The lowest BCUT2D eigenvalue weighted by Crippen LogP contribution is -1.93. The fourth-order valence-corrected chi connectivity index (χ4v) is 1.46. The lowest BCUT2D eigenvalue weighted by molar-refractivity contribution is 0.414. The second-order valence-corrected chi connectivity index (χ2v) is 3.88. The molecule has 0 unspecified atom stereocenters. The van der Waals surface area contributed by atoms with Crippen LogP contribution in [0.1, 0.15) is 12.0 Å². The Kier molecular flexibility index (Phi) is 4.53. The molecule has 0 saturated carbocycles.